The Hall–Kier alpha value is -1.65. The smallest absolute Gasteiger partial charge is 0.328 e. The number of rotatable bonds is 3. The molecule has 1 aromatic rings. The summed E-state index contributed by atoms with van der Waals surface area (Å²) in [5, 5.41) is 16.2. The van der Waals surface area contributed by atoms with Crippen LogP contribution >= 0.6 is 0 Å². The van der Waals surface area contributed by atoms with Crippen molar-refractivity contribution in [3.05, 3.63) is 17.9 Å². The van der Waals surface area contributed by atoms with Crippen molar-refractivity contribution < 1.29 is 14.3 Å². The van der Waals surface area contributed by atoms with Gasteiger partial charge in [-0.25, -0.2) is 4.79 Å². The molecule has 0 unspecified atom stereocenters. The van der Waals surface area contributed by atoms with E-state index in [1.165, 1.54) is 25.3 Å². The molecule has 86 valence electrons. The maximum atomic E-state index is 10.3. The fraction of sp³-hybridized carbons (Fsp3) is 0.545. The van der Waals surface area contributed by atoms with Crippen LogP contribution < -0.4 is 0 Å². The number of carboxylic acid groups (broad SMARTS) is 1. The van der Waals surface area contributed by atoms with Crippen LogP contribution in [0.4, 0.5) is 0 Å². The third-order valence-electron chi connectivity index (χ3n) is 2.78. The van der Waals surface area contributed by atoms with Crippen molar-refractivity contribution in [3.8, 4) is 0 Å². The normalized spacial score (nSPS) is 18.0. The zero-order valence-corrected chi connectivity index (χ0v) is 8.93. The molecule has 0 saturated heterocycles. The average molecular weight is 222 g/mol. The monoisotopic (exact) mass is 222 g/mol. The fourth-order valence-corrected chi connectivity index (χ4v) is 1.97. The van der Waals surface area contributed by atoms with Crippen LogP contribution in [0, 0.1) is 0 Å². The Balaban J connectivity index is 2.03. The second-order valence-corrected chi connectivity index (χ2v) is 3.99. The van der Waals surface area contributed by atoms with E-state index in [9.17, 15) is 4.79 Å². The van der Waals surface area contributed by atoms with E-state index in [4.69, 9.17) is 9.52 Å². The lowest BCUT2D eigenvalue weighted by Crippen LogP contribution is -2.04. The van der Waals surface area contributed by atoms with E-state index in [0.29, 0.717) is 11.8 Å². The Morgan fingerprint density at radius 3 is 2.75 bits per heavy atom. The van der Waals surface area contributed by atoms with Gasteiger partial charge in [0.1, 0.15) is 0 Å². The molecule has 1 aliphatic rings. The number of nitrogens with zero attached hydrogens (tertiary/aromatic N) is 2. The van der Waals surface area contributed by atoms with Crippen LogP contribution in [0.2, 0.25) is 0 Å². The summed E-state index contributed by atoms with van der Waals surface area (Å²) in [7, 11) is 0. The summed E-state index contributed by atoms with van der Waals surface area (Å²) < 4.78 is 5.40. The molecule has 1 heterocycles. The molecule has 0 aliphatic heterocycles. The minimum absolute atomic E-state index is 0.267. The number of hydrogen-bond donors (Lipinski definition) is 1. The first-order valence-corrected chi connectivity index (χ1v) is 5.50. The van der Waals surface area contributed by atoms with E-state index in [-0.39, 0.29) is 5.89 Å². The summed E-state index contributed by atoms with van der Waals surface area (Å²) in [5.41, 5.74) is 0. The Morgan fingerprint density at radius 1 is 1.31 bits per heavy atom. The van der Waals surface area contributed by atoms with Gasteiger partial charge >= 0.3 is 5.97 Å². The number of carboxylic acids is 1. The summed E-state index contributed by atoms with van der Waals surface area (Å²) in [6.07, 6.45) is 8.17. The molecular formula is C11H14N2O3. The first-order valence-electron chi connectivity index (χ1n) is 5.50. The van der Waals surface area contributed by atoms with Gasteiger partial charge in [0.2, 0.25) is 11.8 Å². The van der Waals surface area contributed by atoms with Crippen molar-refractivity contribution in [1.29, 1.82) is 0 Å². The van der Waals surface area contributed by atoms with Crippen molar-refractivity contribution in [3.63, 3.8) is 0 Å². The van der Waals surface area contributed by atoms with Crippen LogP contribution in [-0.2, 0) is 4.79 Å². The summed E-state index contributed by atoms with van der Waals surface area (Å²) in [4.78, 5) is 10.3. The van der Waals surface area contributed by atoms with Gasteiger partial charge in [-0.1, -0.05) is 19.3 Å². The van der Waals surface area contributed by atoms with Crippen LogP contribution in [0.3, 0.4) is 0 Å². The summed E-state index contributed by atoms with van der Waals surface area (Å²) in [6, 6.07) is 0. The average Bonchev–Trinajstić information content (AvgIpc) is 2.76. The van der Waals surface area contributed by atoms with Crippen molar-refractivity contribution in [1.82, 2.24) is 10.2 Å². The quantitative estimate of drug-likeness (QED) is 0.793. The Kier molecular flexibility index (Phi) is 3.34. The molecule has 0 spiro atoms. The molecule has 16 heavy (non-hydrogen) atoms. The Bertz CT molecular complexity index is 392. The second-order valence-electron chi connectivity index (χ2n) is 3.99. The lowest BCUT2D eigenvalue weighted by Gasteiger charge is -2.17. The highest BCUT2D eigenvalue weighted by molar-refractivity contribution is 5.84. The molecule has 1 aromatic heterocycles. The third kappa shape index (κ3) is 2.68. The summed E-state index contributed by atoms with van der Waals surface area (Å²) in [6.45, 7) is 0. The van der Waals surface area contributed by atoms with Crippen molar-refractivity contribution >= 4 is 12.0 Å². The largest absolute Gasteiger partial charge is 0.478 e. The molecule has 0 amide bonds. The van der Waals surface area contributed by atoms with Gasteiger partial charge in [0, 0.05) is 18.1 Å². The van der Waals surface area contributed by atoms with Crippen LogP contribution in [0.5, 0.6) is 0 Å². The van der Waals surface area contributed by atoms with E-state index in [0.717, 1.165) is 18.9 Å². The third-order valence-corrected chi connectivity index (χ3v) is 2.78. The van der Waals surface area contributed by atoms with Crippen molar-refractivity contribution in [2.24, 2.45) is 0 Å². The molecule has 1 saturated carbocycles. The highest BCUT2D eigenvalue weighted by Gasteiger charge is 2.20. The van der Waals surface area contributed by atoms with E-state index >= 15 is 0 Å². The van der Waals surface area contributed by atoms with Crippen LogP contribution in [0.25, 0.3) is 6.08 Å². The maximum Gasteiger partial charge on any atom is 0.328 e. The highest BCUT2D eigenvalue weighted by atomic mass is 16.4. The van der Waals surface area contributed by atoms with E-state index < -0.39 is 5.97 Å². The fourth-order valence-electron chi connectivity index (χ4n) is 1.97. The Morgan fingerprint density at radius 2 is 2.06 bits per heavy atom. The molecule has 1 N–H and O–H groups in total. The topological polar surface area (TPSA) is 76.2 Å². The molecule has 0 atom stereocenters. The van der Waals surface area contributed by atoms with Crippen LogP contribution in [0.15, 0.2) is 10.5 Å². The second kappa shape index (κ2) is 4.92. The summed E-state index contributed by atoms with van der Waals surface area (Å²) in [5.74, 6) is 0.248. The number of carbonyl (C=O) groups is 1. The summed E-state index contributed by atoms with van der Waals surface area (Å²) >= 11 is 0. The molecule has 5 nitrogen and oxygen atoms in total. The van der Waals surface area contributed by atoms with Crippen LogP contribution in [0.1, 0.15) is 49.8 Å². The molecule has 5 heteroatoms. The van der Waals surface area contributed by atoms with Crippen molar-refractivity contribution in [2.45, 2.75) is 38.0 Å². The molecule has 1 fully saturated rings. The van der Waals surface area contributed by atoms with Gasteiger partial charge in [-0.3, -0.25) is 0 Å². The number of aromatic nitrogens is 2. The zero-order valence-electron chi connectivity index (χ0n) is 8.93. The molecule has 0 aromatic carbocycles. The van der Waals surface area contributed by atoms with E-state index in [1.807, 2.05) is 0 Å². The van der Waals surface area contributed by atoms with E-state index in [2.05, 4.69) is 10.2 Å². The number of hydrogen-bond acceptors (Lipinski definition) is 4. The molecular weight excluding hydrogens is 208 g/mol. The number of aliphatic carboxylic acids is 1. The van der Waals surface area contributed by atoms with Gasteiger partial charge in [0.05, 0.1) is 0 Å². The Labute approximate surface area is 93.2 Å². The minimum atomic E-state index is -1.02. The minimum Gasteiger partial charge on any atom is -0.478 e. The highest BCUT2D eigenvalue weighted by Crippen LogP contribution is 2.31. The molecule has 0 radical (unpaired) electrons. The van der Waals surface area contributed by atoms with Gasteiger partial charge in [-0.15, -0.1) is 10.2 Å². The van der Waals surface area contributed by atoms with Gasteiger partial charge < -0.3 is 9.52 Å². The molecule has 1 aliphatic carbocycles. The van der Waals surface area contributed by atoms with Gasteiger partial charge in [0.15, 0.2) is 0 Å². The molecule has 2 rings (SSSR count). The van der Waals surface area contributed by atoms with Gasteiger partial charge in [-0.05, 0) is 12.8 Å². The predicted octanol–water partition coefficient (Wildman–Crippen LogP) is 2.22. The predicted molar refractivity (Wildman–Crippen MR) is 56.8 cm³/mol. The first kappa shape index (κ1) is 10.9. The van der Waals surface area contributed by atoms with Gasteiger partial charge in [0.25, 0.3) is 0 Å². The van der Waals surface area contributed by atoms with E-state index in [1.54, 1.807) is 0 Å². The SMILES string of the molecule is O=C(O)/C=C/c1nnc(C2CCCCC2)o1. The molecule has 0 bridgehead atoms. The lowest BCUT2D eigenvalue weighted by molar-refractivity contribution is -0.131. The first-order chi connectivity index (χ1) is 7.75. The van der Waals surface area contributed by atoms with Gasteiger partial charge in [-0.2, -0.15) is 0 Å². The lowest BCUT2D eigenvalue weighted by atomic mass is 9.89. The van der Waals surface area contributed by atoms with Crippen molar-refractivity contribution in [2.75, 3.05) is 0 Å². The zero-order chi connectivity index (χ0) is 11.4. The maximum absolute atomic E-state index is 10.3. The standard InChI is InChI=1S/C11H14N2O3/c14-10(15)7-6-9-12-13-11(16-9)8-4-2-1-3-5-8/h6-8H,1-5H2,(H,14,15)/b7-6+. The van der Waals surface area contributed by atoms with Crippen LogP contribution in [-0.4, -0.2) is 21.3 Å².